The van der Waals surface area contributed by atoms with Crippen molar-refractivity contribution in [1.82, 2.24) is 9.80 Å². The fraction of sp³-hybridized carbons (Fsp3) is 0.857. The first kappa shape index (κ1) is 15.1. The van der Waals surface area contributed by atoms with Gasteiger partial charge in [0.1, 0.15) is 5.54 Å². The molecule has 2 atom stereocenters. The van der Waals surface area contributed by atoms with E-state index in [1.54, 1.807) is 11.8 Å². The summed E-state index contributed by atoms with van der Waals surface area (Å²) in [6, 6.07) is -0.156. The Morgan fingerprint density at radius 2 is 2.10 bits per heavy atom. The van der Waals surface area contributed by atoms with Gasteiger partial charge in [0.15, 0.2) is 0 Å². The van der Waals surface area contributed by atoms with Crippen LogP contribution in [0.3, 0.4) is 0 Å². The van der Waals surface area contributed by atoms with Gasteiger partial charge in [-0.3, -0.25) is 0 Å². The molecule has 114 valence electrons. The minimum atomic E-state index is -1.06. The van der Waals surface area contributed by atoms with Gasteiger partial charge in [-0.15, -0.1) is 0 Å². The minimum Gasteiger partial charge on any atom is -0.480 e. The maximum Gasteiger partial charge on any atom is 0.329 e. The number of carboxylic acid groups (broad SMARTS) is 1. The van der Waals surface area contributed by atoms with E-state index in [-0.39, 0.29) is 12.1 Å². The van der Waals surface area contributed by atoms with Crippen LogP contribution in [-0.2, 0) is 9.53 Å². The number of carboxylic acids is 1. The van der Waals surface area contributed by atoms with Gasteiger partial charge in [0.25, 0.3) is 0 Å². The van der Waals surface area contributed by atoms with Gasteiger partial charge in [-0.2, -0.15) is 0 Å². The van der Waals surface area contributed by atoms with Crippen molar-refractivity contribution in [3.05, 3.63) is 0 Å². The molecule has 0 saturated carbocycles. The van der Waals surface area contributed by atoms with Crippen molar-refractivity contribution in [1.29, 1.82) is 0 Å². The summed E-state index contributed by atoms with van der Waals surface area (Å²) in [5.41, 5.74) is -1.06. The predicted octanol–water partition coefficient (Wildman–Crippen LogP) is 1.55. The van der Waals surface area contributed by atoms with E-state index in [1.165, 1.54) is 4.90 Å². The summed E-state index contributed by atoms with van der Waals surface area (Å²) in [5, 5.41) is 9.39. The van der Waals surface area contributed by atoms with Crippen LogP contribution < -0.4 is 0 Å². The quantitative estimate of drug-likeness (QED) is 0.853. The number of ether oxygens (including phenoxy) is 1. The number of amides is 2. The van der Waals surface area contributed by atoms with Crippen molar-refractivity contribution in [3.8, 4) is 0 Å². The third-order valence-corrected chi connectivity index (χ3v) is 4.38. The Kier molecular flexibility index (Phi) is 4.52. The summed E-state index contributed by atoms with van der Waals surface area (Å²) in [6.45, 7) is 6.01. The van der Waals surface area contributed by atoms with Crippen LogP contribution in [0, 0.1) is 0 Å². The fourth-order valence-corrected chi connectivity index (χ4v) is 3.15. The second-order valence-corrected chi connectivity index (χ2v) is 5.78. The number of hydrogen-bond acceptors (Lipinski definition) is 3. The van der Waals surface area contributed by atoms with E-state index in [2.05, 4.69) is 0 Å². The van der Waals surface area contributed by atoms with E-state index in [4.69, 9.17) is 4.74 Å². The molecular formula is C14H24N2O4. The summed E-state index contributed by atoms with van der Waals surface area (Å²) in [5.74, 6) is -0.915. The lowest BCUT2D eigenvalue weighted by Crippen LogP contribution is -2.57. The standard InChI is InChI=1S/C14H24N2O4/c1-3-20-11-6-4-8-15(10-11)13(19)16-9-5-7-14(16,2)12(17)18/h11H,3-10H2,1-2H3,(H,17,18). The van der Waals surface area contributed by atoms with Gasteiger partial charge in [0, 0.05) is 26.2 Å². The number of urea groups is 1. The molecule has 6 heteroatoms. The number of carbonyl (C=O) groups is 2. The molecule has 0 aliphatic carbocycles. The predicted molar refractivity (Wildman–Crippen MR) is 73.6 cm³/mol. The molecule has 0 aromatic rings. The van der Waals surface area contributed by atoms with E-state index < -0.39 is 11.5 Å². The Balaban J connectivity index is 2.05. The van der Waals surface area contributed by atoms with E-state index >= 15 is 0 Å². The lowest BCUT2D eigenvalue weighted by atomic mass is 9.99. The molecule has 2 amide bonds. The van der Waals surface area contributed by atoms with Crippen LogP contribution in [0.1, 0.15) is 39.5 Å². The minimum absolute atomic E-state index is 0.0800. The number of piperidine rings is 1. The number of likely N-dealkylation sites (tertiary alicyclic amines) is 2. The van der Waals surface area contributed by atoms with Crippen molar-refractivity contribution in [2.45, 2.75) is 51.2 Å². The molecule has 2 aliphatic rings. The van der Waals surface area contributed by atoms with Gasteiger partial charge in [0.05, 0.1) is 6.10 Å². The van der Waals surface area contributed by atoms with Crippen molar-refractivity contribution in [2.75, 3.05) is 26.2 Å². The second-order valence-electron chi connectivity index (χ2n) is 5.78. The Morgan fingerprint density at radius 1 is 1.35 bits per heavy atom. The molecule has 0 spiro atoms. The highest BCUT2D eigenvalue weighted by Crippen LogP contribution is 2.31. The van der Waals surface area contributed by atoms with E-state index in [1.807, 2.05) is 6.92 Å². The lowest BCUT2D eigenvalue weighted by molar-refractivity contribution is -0.147. The van der Waals surface area contributed by atoms with Crippen LogP contribution >= 0.6 is 0 Å². The third kappa shape index (κ3) is 2.75. The molecule has 2 heterocycles. The molecule has 0 radical (unpaired) electrons. The molecule has 2 rings (SSSR count). The molecule has 2 saturated heterocycles. The Morgan fingerprint density at radius 3 is 2.75 bits per heavy atom. The molecule has 0 aromatic carbocycles. The van der Waals surface area contributed by atoms with Crippen LogP contribution in [0.25, 0.3) is 0 Å². The van der Waals surface area contributed by atoms with Crippen LogP contribution in [0.5, 0.6) is 0 Å². The van der Waals surface area contributed by atoms with Crippen LogP contribution in [-0.4, -0.2) is 64.8 Å². The third-order valence-electron chi connectivity index (χ3n) is 4.38. The molecule has 0 bridgehead atoms. The van der Waals surface area contributed by atoms with Gasteiger partial charge in [0.2, 0.25) is 0 Å². The maximum atomic E-state index is 12.6. The van der Waals surface area contributed by atoms with Crippen LogP contribution in [0.2, 0.25) is 0 Å². The van der Waals surface area contributed by atoms with Crippen molar-refractivity contribution in [2.24, 2.45) is 0 Å². The van der Waals surface area contributed by atoms with Crippen molar-refractivity contribution >= 4 is 12.0 Å². The average Bonchev–Trinajstić information content (AvgIpc) is 2.82. The first-order valence-corrected chi connectivity index (χ1v) is 7.40. The number of hydrogen-bond donors (Lipinski definition) is 1. The van der Waals surface area contributed by atoms with Crippen molar-refractivity contribution < 1.29 is 19.4 Å². The van der Waals surface area contributed by atoms with Gasteiger partial charge in [-0.25, -0.2) is 9.59 Å². The molecule has 2 aliphatic heterocycles. The zero-order valence-corrected chi connectivity index (χ0v) is 12.3. The number of carbonyl (C=O) groups excluding carboxylic acids is 1. The Bertz CT molecular complexity index is 385. The fourth-order valence-electron chi connectivity index (χ4n) is 3.15. The lowest BCUT2D eigenvalue weighted by Gasteiger charge is -2.39. The van der Waals surface area contributed by atoms with Gasteiger partial charge < -0.3 is 19.6 Å². The van der Waals surface area contributed by atoms with Gasteiger partial charge in [-0.1, -0.05) is 0 Å². The topological polar surface area (TPSA) is 70.1 Å². The summed E-state index contributed by atoms with van der Waals surface area (Å²) >= 11 is 0. The number of nitrogens with zero attached hydrogens (tertiary/aromatic N) is 2. The zero-order valence-electron chi connectivity index (χ0n) is 12.3. The van der Waals surface area contributed by atoms with E-state index in [0.717, 1.165) is 19.3 Å². The highest BCUT2D eigenvalue weighted by atomic mass is 16.5. The highest BCUT2D eigenvalue weighted by molar-refractivity contribution is 5.86. The molecule has 20 heavy (non-hydrogen) atoms. The van der Waals surface area contributed by atoms with Crippen molar-refractivity contribution in [3.63, 3.8) is 0 Å². The zero-order chi connectivity index (χ0) is 14.8. The normalized spacial score (nSPS) is 30.6. The number of rotatable bonds is 3. The molecule has 2 fully saturated rings. The second kappa shape index (κ2) is 5.99. The SMILES string of the molecule is CCOC1CCCN(C(=O)N2CCCC2(C)C(=O)O)C1. The molecule has 1 N–H and O–H groups in total. The summed E-state index contributed by atoms with van der Waals surface area (Å²) in [7, 11) is 0. The van der Waals surface area contributed by atoms with Gasteiger partial charge >= 0.3 is 12.0 Å². The molecule has 0 aromatic heterocycles. The monoisotopic (exact) mass is 284 g/mol. The van der Waals surface area contributed by atoms with E-state index in [9.17, 15) is 14.7 Å². The largest absolute Gasteiger partial charge is 0.480 e. The molecule has 2 unspecified atom stereocenters. The molecular weight excluding hydrogens is 260 g/mol. The highest BCUT2D eigenvalue weighted by Gasteiger charge is 2.47. The maximum absolute atomic E-state index is 12.6. The number of aliphatic carboxylic acids is 1. The Labute approximate surface area is 119 Å². The van der Waals surface area contributed by atoms with Crippen LogP contribution in [0.4, 0.5) is 4.79 Å². The first-order valence-electron chi connectivity index (χ1n) is 7.40. The molecule has 6 nitrogen and oxygen atoms in total. The Hall–Kier alpha value is -1.30. The van der Waals surface area contributed by atoms with Crippen LogP contribution in [0.15, 0.2) is 0 Å². The average molecular weight is 284 g/mol. The van der Waals surface area contributed by atoms with Gasteiger partial charge in [-0.05, 0) is 39.5 Å². The summed E-state index contributed by atoms with van der Waals surface area (Å²) in [6.07, 6.45) is 3.23. The summed E-state index contributed by atoms with van der Waals surface area (Å²) in [4.78, 5) is 27.3. The smallest absolute Gasteiger partial charge is 0.329 e. The first-order chi connectivity index (χ1) is 9.49. The van der Waals surface area contributed by atoms with E-state index in [0.29, 0.717) is 32.7 Å². The summed E-state index contributed by atoms with van der Waals surface area (Å²) < 4.78 is 5.60.